The summed E-state index contributed by atoms with van der Waals surface area (Å²) in [5.74, 6) is -2.04. The van der Waals surface area contributed by atoms with Crippen LogP contribution in [0.4, 0.5) is 0 Å². The molecule has 1 saturated carbocycles. The lowest BCUT2D eigenvalue weighted by molar-refractivity contribution is -0.139. The first-order valence-corrected chi connectivity index (χ1v) is 9.15. The van der Waals surface area contributed by atoms with Crippen molar-refractivity contribution >= 4 is 23.4 Å². The maximum Gasteiger partial charge on any atom is 0.262 e. The molecule has 2 amide bonds. The van der Waals surface area contributed by atoms with E-state index in [1.165, 1.54) is 0 Å². The molecule has 2 unspecified atom stereocenters. The SMILES string of the molecule is O=C1CCC(N2C(=O)c3ccccc3C2=O)C(=O)C1CCc1ccccc1. The third kappa shape index (κ3) is 2.99. The van der Waals surface area contributed by atoms with E-state index in [-0.39, 0.29) is 24.4 Å². The van der Waals surface area contributed by atoms with E-state index in [1.807, 2.05) is 30.3 Å². The molecule has 0 radical (unpaired) electrons. The molecular formula is C22H19NO4. The standard InChI is InChI=1S/C22H19NO4/c24-19-13-12-18(20(25)17(19)11-10-14-6-2-1-3-7-14)23-21(26)15-8-4-5-9-16(15)22(23)27/h1-9,17-18H,10-13H2. The maximum atomic E-state index is 13.0. The Kier molecular flexibility index (Phi) is 4.44. The molecule has 5 nitrogen and oxygen atoms in total. The first-order chi connectivity index (χ1) is 13.1. The minimum Gasteiger partial charge on any atom is -0.299 e. The number of carbonyl (C=O) groups is 4. The van der Waals surface area contributed by atoms with Crippen LogP contribution in [0.25, 0.3) is 0 Å². The number of Topliss-reactive ketones (excluding diaryl/α,β-unsaturated/α-hetero) is 2. The molecule has 1 fully saturated rings. The molecule has 0 aromatic heterocycles. The van der Waals surface area contributed by atoms with Crippen molar-refractivity contribution in [2.45, 2.75) is 31.7 Å². The summed E-state index contributed by atoms with van der Waals surface area (Å²) in [7, 11) is 0. The third-order valence-electron chi connectivity index (χ3n) is 5.43. The van der Waals surface area contributed by atoms with Gasteiger partial charge in [-0.15, -0.1) is 0 Å². The summed E-state index contributed by atoms with van der Waals surface area (Å²) >= 11 is 0. The largest absolute Gasteiger partial charge is 0.299 e. The predicted octanol–water partition coefficient (Wildman–Crippen LogP) is 2.83. The highest BCUT2D eigenvalue weighted by Gasteiger charge is 2.47. The molecule has 2 aromatic carbocycles. The van der Waals surface area contributed by atoms with E-state index in [0.29, 0.717) is 24.0 Å². The van der Waals surface area contributed by atoms with E-state index < -0.39 is 23.8 Å². The lowest BCUT2D eigenvalue weighted by Crippen LogP contribution is -2.51. The molecule has 2 aliphatic rings. The number of aryl methyl sites for hydroxylation is 1. The zero-order valence-electron chi connectivity index (χ0n) is 14.8. The molecule has 5 heteroatoms. The van der Waals surface area contributed by atoms with Crippen LogP contribution in [0.3, 0.4) is 0 Å². The van der Waals surface area contributed by atoms with Gasteiger partial charge in [0.05, 0.1) is 23.1 Å². The van der Waals surface area contributed by atoms with Gasteiger partial charge in [-0.2, -0.15) is 0 Å². The summed E-state index contributed by atoms with van der Waals surface area (Å²) in [4.78, 5) is 51.8. The predicted molar refractivity (Wildman–Crippen MR) is 98.2 cm³/mol. The molecule has 0 N–H and O–H groups in total. The number of ketones is 2. The number of hydrogen-bond donors (Lipinski definition) is 0. The van der Waals surface area contributed by atoms with Crippen molar-refractivity contribution in [2.75, 3.05) is 0 Å². The molecule has 27 heavy (non-hydrogen) atoms. The lowest BCUT2D eigenvalue weighted by Gasteiger charge is -2.32. The second kappa shape index (κ2) is 6.91. The highest BCUT2D eigenvalue weighted by molar-refractivity contribution is 6.24. The van der Waals surface area contributed by atoms with Gasteiger partial charge in [0.15, 0.2) is 5.78 Å². The number of fused-ring (bicyclic) bond motifs is 1. The van der Waals surface area contributed by atoms with Crippen molar-refractivity contribution in [2.24, 2.45) is 5.92 Å². The highest BCUT2D eigenvalue weighted by atomic mass is 16.2. The van der Waals surface area contributed by atoms with Crippen LogP contribution in [-0.2, 0) is 16.0 Å². The fraction of sp³-hybridized carbons (Fsp3) is 0.273. The van der Waals surface area contributed by atoms with E-state index >= 15 is 0 Å². The molecule has 0 bridgehead atoms. The van der Waals surface area contributed by atoms with E-state index in [0.717, 1.165) is 10.5 Å². The summed E-state index contributed by atoms with van der Waals surface area (Å²) in [6.07, 6.45) is 1.44. The molecule has 0 spiro atoms. The number of rotatable bonds is 4. The summed E-state index contributed by atoms with van der Waals surface area (Å²) in [6, 6.07) is 15.4. The molecule has 1 aliphatic carbocycles. The average Bonchev–Trinajstić information content (AvgIpc) is 2.94. The summed E-state index contributed by atoms with van der Waals surface area (Å²) in [5.41, 5.74) is 1.71. The normalized spacial score (nSPS) is 22.3. The molecule has 1 heterocycles. The van der Waals surface area contributed by atoms with Gasteiger partial charge in [-0.3, -0.25) is 24.1 Å². The smallest absolute Gasteiger partial charge is 0.262 e. The van der Waals surface area contributed by atoms with Gasteiger partial charge in [0, 0.05) is 6.42 Å². The number of amides is 2. The minimum absolute atomic E-state index is 0.0937. The Bertz CT molecular complexity index is 899. The summed E-state index contributed by atoms with van der Waals surface area (Å²) in [6.45, 7) is 0. The van der Waals surface area contributed by atoms with Crippen LogP contribution in [0.1, 0.15) is 45.5 Å². The fourth-order valence-electron chi connectivity index (χ4n) is 3.99. The Morgan fingerprint density at radius 3 is 2.04 bits per heavy atom. The van der Waals surface area contributed by atoms with Crippen molar-refractivity contribution in [3.8, 4) is 0 Å². The second-order valence-electron chi connectivity index (χ2n) is 7.03. The van der Waals surface area contributed by atoms with Crippen LogP contribution in [-0.4, -0.2) is 34.3 Å². The Balaban J connectivity index is 1.54. The third-order valence-corrected chi connectivity index (χ3v) is 5.43. The van der Waals surface area contributed by atoms with Crippen LogP contribution in [0.5, 0.6) is 0 Å². The number of imide groups is 1. The Morgan fingerprint density at radius 1 is 0.815 bits per heavy atom. The van der Waals surface area contributed by atoms with Crippen molar-refractivity contribution in [1.29, 1.82) is 0 Å². The molecule has 2 atom stereocenters. The minimum atomic E-state index is -0.851. The quantitative estimate of drug-likeness (QED) is 0.620. The fourth-order valence-corrected chi connectivity index (χ4v) is 3.99. The zero-order chi connectivity index (χ0) is 19.0. The first-order valence-electron chi connectivity index (χ1n) is 9.15. The number of carbonyl (C=O) groups excluding carboxylic acids is 4. The first kappa shape index (κ1) is 17.3. The van der Waals surface area contributed by atoms with Gasteiger partial charge >= 0.3 is 0 Å². The van der Waals surface area contributed by atoms with Crippen molar-refractivity contribution < 1.29 is 19.2 Å². The Labute approximate surface area is 157 Å². The van der Waals surface area contributed by atoms with Gasteiger partial charge in [0.1, 0.15) is 5.78 Å². The number of benzene rings is 2. The van der Waals surface area contributed by atoms with E-state index in [9.17, 15) is 19.2 Å². The molecule has 0 saturated heterocycles. The molecule has 1 aliphatic heterocycles. The average molecular weight is 361 g/mol. The van der Waals surface area contributed by atoms with Gasteiger partial charge in [-0.05, 0) is 37.0 Å². The van der Waals surface area contributed by atoms with E-state index in [2.05, 4.69) is 0 Å². The van der Waals surface area contributed by atoms with Crippen LogP contribution in [0.2, 0.25) is 0 Å². The highest BCUT2D eigenvalue weighted by Crippen LogP contribution is 2.31. The Hall–Kier alpha value is -3.08. The molecule has 4 rings (SSSR count). The zero-order valence-corrected chi connectivity index (χ0v) is 14.8. The number of nitrogens with zero attached hydrogens (tertiary/aromatic N) is 1. The van der Waals surface area contributed by atoms with Crippen molar-refractivity contribution in [3.05, 3.63) is 71.3 Å². The van der Waals surface area contributed by atoms with Crippen LogP contribution in [0.15, 0.2) is 54.6 Å². The van der Waals surface area contributed by atoms with Gasteiger partial charge in [0.2, 0.25) is 0 Å². The van der Waals surface area contributed by atoms with E-state index in [1.54, 1.807) is 24.3 Å². The van der Waals surface area contributed by atoms with Gasteiger partial charge in [-0.1, -0.05) is 42.5 Å². The van der Waals surface area contributed by atoms with Crippen LogP contribution in [0, 0.1) is 5.92 Å². The Morgan fingerprint density at radius 2 is 1.41 bits per heavy atom. The van der Waals surface area contributed by atoms with Gasteiger partial charge < -0.3 is 0 Å². The van der Waals surface area contributed by atoms with Gasteiger partial charge in [-0.25, -0.2) is 0 Å². The molecule has 136 valence electrons. The van der Waals surface area contributed by atoms with Crippen LogP contribution < -0.4 is 0 Å². The van der Waals surface area contributed by atoms with Crippen molar-refractivity contribution in [1.82, 2.24) is 4.90 Å². The lowest BCUT2D eigenvalue weighted by atomic mass is 9.79. The van der Waals surface area contributed by atoms with Gasteiger partial charge in [0.25, 0.3) is 11.8 Å². The maximum absolute atomic E-state index is 13.0. The van der Waals surface area contributed by atoms with Crippen molar-refractivity contribution in [3.63, 3.8) is 0 Å². The summed E-state index contributed by atoms with van der Waals surface area (Å²) < 4.78 is 0. The van der Waals surface area contributed by atoms with E-state index in [4.69, 9.17) is 0 Å². The summed E-state index contributed by atoms with van der Waals surface area (Å²) in [5, 5.41) is 0. The topological polar surface area (TPSA) is 71.5 Å². The number of hydrogen-bond acceptors (Lipinski definition) is 4. The monoisotopic (exact) mass is 361 g/mol. The molecule has 2 aromatic rings. The van der Waals surface area contributed by atoms with Crippen LogP contribution >= 0.6 is 0 Å². The second-order valence-corrected chi connectivity index (χ2v) is 7.03. The molecular weight excluding hydrogens is 342 g/mol.